The van der Waals surface area contributed by atoms with E-state index in [9.17, 15) is 4.79 Å². The normalized spacial score (nSPS) is 12.2. The van der Waals surface area contributed by atoms with E-state index in [1.165, 1.54) is 7.11 Å². The molecule has 0 amide bonds. The SMILES string of the molecule is CCC(C)N(C)CCNc1nc(C(=O)OC)ccc1N. The van der Waals surface area contributed by atoms with Gasteiger partial charge in [-0.3, -0.25) is 0 Å². The van der Waals surface area contributed by atoms with Gasteiger partial charge in [0, 0.05) is 19.1 Å². The maximum atomic E-state index is 11.4. The van der Waals surface area contributed by atoms with Crippen molar-refractivity contribution in [3.8, 4) is 0 Å². The van der Waals surface area contributed by atoms with E-state index in [4.69, 9.17) is 5.73 Å². The Bertz CT molecular complexity index is 451. The van der Waals surface area contributed by atoms with Crippen molar-refractivity contribution in [2.24, 2.45) is 0 Å². The minimum atomic E-state index is -0.468. The number of nitrogens with one attached hydrogen (secondary N) is 1. The fourth-order valence-corrected chi connectivity index (χ4v) is 1.71. The molecule has 1 aromatic rings. The number of rotatable bonds is 7. The summed E-state index contributed by atoms with van der Waals surface area (Å²) in [5.41, 5.74) is 6.61. The van der Waals surface area contributed by atoms with E-state index >= 15 is 0 Å². The van der Waals surface area contributed by atoms with E-state index in [-0.39, 0.29) is 5.69 Å². The molecule has 6 heteroatoms. The predicted molar refractivity (Wildman–Crippen MR) is 80.9 cm³/mol. The monoisotopic (exact) mass is 280 g/mol. The molecule has 0 fully saturated rings. The second-order valence-electron chi connectivity index (χ2n) is 4.79. The summed E-state index contributed by atoms with van der Waals surface area (Å²) < 4.78 is 4.64. The zero-order chi connectivity index (χ0) is 15.1. The Kier molecular flexibility index (Phi) is 6.24. The number of hydrogen-bond donors (Lipinski definition) is 2. The molecule has 0 bridgehead atoms. The molecule has 0 aromatic carbocycles. The number of anilines is 2. The van der Waals surface area contributed by atoms with Crippen molar-refractivity contribution >= 4 is 17.5 Å². The van der Waals surface area contributed by atoms with Crippen molar-refractivity contribution in [1.29, 1.82) is 0 Å². The Morgan fingerprint density at radius 1 is 1.55 bits per heavy atom. The molecule has 0 aliphatic rings. The van der Waals surface area contributed by atoms with Crippen LogP contribution in [0.3, 0.4) is 0 Å². The van der Waals surface area contributed by atoms with Gasteiger partial charge < -0.3 is 20.7 Å². The molecule has 1 aromatic heterocycles. The van der Waals surface area contributed by atoms with Crippen LogP contribution < -0.4 is 11.1 Å². The number of nitrogens with two attached hydrogens (primary N) is 1. The Morgan fingerprint density at radius 2 is 2.25 bits per heavy atom. The summed E-state index contributed by atoms with van der Waals surface area (Å²) in [7, 11) is 3.41. The highest BCUT2D eigenvalue weighted by Crippen LogP contribution is 2.16. The number of likely N-dealkylation sites (N-methyl/N-ethyl adjacent to an activating group) is 1. The molecule has 1 atom stereocenters. The first-order valence-corrected chi connectivity index (χ1v) is 6.78. The minimum absolute atomic E-state index is 0.250. The summed E-state index contributed by atoms with van der Waals surface area (Å²) in [5, 5.41) is 3.16. The molecule has 0 spiro atoms. The van der Waals surface area contributed by atoms with Gasteiger partial charge in [-0.2, -0.15) is 0 Å². The number of methoxy groups -OCH3 is 1. The first-order chi connectivity index (χ1) is 9.49. The smallest absolute Gasteiger partial charge is 0.356 e. The van der Waals surface area contributed by atoms with E-state index in [0.717, 1.165) is 13.0 Å². The third-order valence-corrected chi connectivity index (χ3v) is 3.42. The highest BCUT2D eigenvalue weighted by Gasteiger charge is 2.11. The van der Waals surface area contributed by atoms with Gasteiger partial charge in [-0.05, 0) is 32.5 Å². The van der Waals surface area contributed by atoms with Crippen molar-refractivity contribution in [3.05, 3.63) is 17.8 Å². The third-order valence-electron chi connectivity index (χ3n) is 3.42. The van der Waals surface area contributed by atoms with Crippen LogP contribution in [0.15, 0.2) is 12.1 Å². The molecule has 0 saturated heterocycles. The van der Waals surface area contributed by atoms with Gasteiger partial charge in [0.25, 0.3) is 0 Å². The average Bonchev–Trinajstić information content (AvgIpc) is 2.47. The van der Waals surface area contributed by atoms with Crippen LogP contribution in [-0.2, 0) is 4.74 Å². The number of nitrogen functional groups attached to an aromatic ring is 1. The van der Waals surface area contributed by atoms with Gasteiger partial charge in [0.05, 0.1) is 12.8 Å². The van der Waals surface area contributed by atoms with Crippen molar-refractivity contribution in [2.75, 3.05) is 38.3 Å². The Balaban J connectivity index is 2.61. The van der Waals surface area contributed by atoms with Crippen LogP contribution in [0.2, 0.25) is 0 Å². The quantitative estimate of drug-likeness (QED) is 0.738. The van der Waals surface area contributed by atoms with Crippen LogP contribution in [0.25, 0.3) is 0 Å². The van der Waals surface area contributed by atoms with Crippen LogP contribution in [0.4, 0.5) is 11.5 Å². The number of carbonyl (C=O) groups is 1. The van der Waals surface area contributed by atoms with E-state index < -0.39 is 5.97 Å². The molecule has 0 aliphatic heterocycles. The van der Waals surface area contributed by atoms with Gasteiger partial charge in [-0.25, -0.2) is 9.78 Å². The Labute approximate surface area is 120 Å². The fraction of sp³-hybridized carbons (Fsp3) is 0.571. The maximum Gasteiger partial charge on any atom is 0.356 e. The molecule has 1 heterocycles. The summed E-state index contributed by atoms with van der Waals surface area (Å²) in [4.78, 5) is 17.9. The number of esters is 1. The van der Waals surface area contributed by atoms with Gasteiger partial charge in [0.1, 0.15) is 5.82 Å². The van der Waals surface area contributed by atoms with Gasteiger partial charge in [0.2, 0.25) is 0 Å². The lowest BCUT2D eigenvalue weighted by Gasteiger charge is -2.23. The molecule has 0 saturated carbocycles. The largest absolute Gasteiger partial charge is 0.464 e. The molecular weight excluding hydrogens is 256 g/mol. The van der Waals surface area contributed by atoms with Crippen molar-refractivity contribution in [3.63, 3.8) is 0 Å². The molecule has 6 nitrogen and oxygen atoms in total. The third kappa shape index (κ3) is 4.38. The summed E-state index contributed by atoms with van der Waals surface area (Å²) in [5.74, 6) is 0.0511. The number of aromatic nitrogens is 1. The van der Waals surface area contributed by atoms with Crippen LogP contribution >= 0.6 is 0 Å². The van der Waals surface area contributed by atoms with Gasteiger partial charge in [0.15, 0.2) is 5.69 Å². The zero-order valence-electron chi connectivity index (χ0n) is 12.6. The standard InChI is InChI=1S/C14H24N4O2/c1-5-10(2)18(3)9-8-16-13-11(15)6-7-12(17-13)14(19)20-4/h6-7,10H,5,8-9,15H2,1-4H3,(H,16,17). The van der Waals surface area contributed by atoms with Crippen LogP contribution in [0.1, 0.15) is 30.8 Å². The number of carbonyl (C=O) groups excluding carboxylic acids is 1. The first kappa shape index (κ1) is 16.2. The maximum absolute atomic E-state index is 11.4. The molecular formula is C14H24N4O2. The highest BCUT2D eigenvalue weighted by molar-refractivity contribution is 5.88. The topological polar surface area (TPSA) is 80.5 Å². The van der Waals surface area contributed by atoms with E-state index in [1.54, 1.807) is 12.1 Å². The lowest BCUT2D eigenvalue weighted by Crippen LogP contribution is -2.32. The predicted octanol–water partition coefficient (Wildman–Crippen LogP) is 1.59. The molecule has 20 heavy (non-hydrogen) atoms. The summed E-state index contributed by atoms with van der Waals surface area (Å²) in [6.07, 6.45) is 1.11. The lowest BCUT2D eigenvalue weighted by atomic mass is 10.2. The summed E-state index contributed by atoms with van der Waals surface area (Å²) >= 11 is 0. The van der Waals surface area contributed by atoms with Gasteiger partial charge >= 0.3 is 5.97 Å². The van der Waals surface area contributed by atoms with Crippen molar-refractivity contribution in [2.45, 2.75) is 26.3 Å². The Hall–Kier alpha value is -1.82. The summed E-state index contributed by atoms with van der Waals surface area (Å²) in [6, 6.07) is 3.74. The molecule has 112 valence electrons. The number of pyridine rings is 1. The molecule has 3 N–H and O–H groups in total. The summed E-state index contributed by atoms with van der Waals surface area (Å²) in [6.45, 7) is 5.93. The fourth-order valence-electron chi connectivity index (χ4n) is 1.71. The van der Waals surface area contributed by atoms with Crippen LogP contribution in [-0.4, -0.2) is 49.1 Å². The molecule has 0 radical (unpaired) electrons. The lowest BCUT2D eigenvalue weighted by molar-refractivity contribution is 0.0594. The van der Waals surface area contributed by atoms with Gasteiger partial charge in [-0.1, -0.05) is 6.92 Å². The first-order valence-electron chi connectivity index (χ1n) is 6.78. The number of ether oxygens (including phenoxy) is 1. The van der Waals surface area contributed by atoms with E-state index in [0.29, 0.717) is 24.1 Å². The minimum Gasteiger partial charge on any atom is -0.464 e. The zero-order valence-corrected chi connectivity index (χ0v) is 12.6. The molecule has 0 aliphatic carbocycles. The van der Waals surface area contributed by atoms with Gasteiger partial charge in [-0.15, -0.1) is 0 Å². The van der Waals surface area contributed by atoms with E-state index in [1.807, 2.05) is 0 Å². The highest BCUT2D eigenvalue weighted by atomic mass is 16.5. The van der Waals surface area contributed by atoms with Crippen molar-refractivity contribution in [1.82, 2.24) is 9.88 Å². The van der Waals surface area contributed by atoms with Crippen LogP contribution in [0, 0.1) is 0 Å². The Morgan fingerprint density at radius 3 is 2.85 bits per heavy atom. The second-order valence-corrected chi connectivity index (χ2v) is 4.79. The second kappa shape index (κ2) is 7.69. The molecule has 1 rings (SSSR count). The van der Waals surface area contributed by atoms with E-state index in [2.05, 4.69) is 40.8 Å². The number of hydrogen-bond acceptors (Lipinski definition) is 6. The average molecular weight is 280 g/mol. The van der Waals surface area contributed by atoms with Crippen LogP contribution in [0.5, 0.6) is 0 Å². The van der Waals surface area contributed by atoms with Crippen molar-refractivity contribution < 1.29 is 9.53 Å². The number of nitrogens with zero attached hydrogens (tertiary/aromatic N) is 2. The molecule has 1 unspecified atom stereocenters.